The number of nitrogens with zero attached hydrogens (tertiary/aromatic N) is 4. The summed E-state index contributed by atoms with van der Waals surface area (Å²) in [5, 5.41) is 9.73. The van der Waals surface area contributed by atoms with Crippen LogP contribution in [-0.2, 0) is 6.18 Å². The maximum absolute atomic E-state index is 13.4. The molecule has 172 valence electrons. The van der Waals surface area contributed by atoms with Gasteiger partial charge in [0.25, 0.3) is 5.56 Å². The largest absolute Gasteiger partial charge is 0.417 e. The van der Waals surface area contributed by atoms with E-state index in [0.29, 0.717) is 22.3 Å². The number of aliphatic hydroxyl groups excluding tert-OH is 1. The van der Waals surface area contributed by atoms with Gasteiger partial charge in [0, 0.05) is 6.20 Å². The first-order chi connectivity index (χ1) is 15.7. The maximum atomic E-state index is 13.4. The lowest BCUT2D eigenvalue weighted by atomic mass is 9.95. The second kappa shape index (κ2) is 7.95. The van der Waals surface area contributed by atoms with Crippen molar-refractivity contribution in [2.75, 3.05) is 6.61 Å². The first-order valence-corrected chi connectivity index (χ1v) is 11.5. The molecule has 1 fully saturated rings. The quantitative estimate of drug-likeness (QED) is 0.546. The molecule has 6 nitrogen and oxygen atoms in total. The van der Waals surface area contributed by atoms with Crippen LogP contribution in [0.1, 0.15) is 49.2 Å². The Balaban J connectivity index is 1.69. The van der Waals surface area contributed by atoms with Crippen LogP contribution in [0.4, 0.5) is 13.2 Å². The van der Waals surface area contributed by atoms with Crippen LogP contribution in [-0.4, -0.2) is 36.0 Å². The fraction of sp³-hybridized carbons (Fsp3) is 0.391. The van der Waals surface area contributed by atoms with Gasteiger partial charge in [-0.3, -0.25) is 14.3 Å². The van der Waals surface area contributed by atoms with Gasteiger partial charge in [-0.25, -0.2) is 9.97 Å². The molecule has 2 aliphatic rings. The lowest BCUT2D eigenvalue weighted by Gasteiger charge is -2.16. The number of allylic oxidation sites excluding steroid dienone is 2. The minimum Gasteiger partial charge on any atom is -0.395 e. The Hall–Kier alpha value is -2.72. The molecule has 33 heavy (non-hydrogen) atoms. The Morgan fingerprint density at radius 1 is 1.24 bits per heavy atom. The third-order valence-electron chi connectivity index (χ3n) is 6.13. The topological polar surface area (TPSA) is 80.9 Å². The molecule has 1 saturated heterocycles. The van der Waals surface area contributed by atoms with E-state index in [1.54, 1.807) is 6.07 Å². The van der Waals surface area contributed by atoms with Crippen LogP contribution in [0.2, 0.25) is 0 Å². The highest BCUT2D eigenvalue weighted by Gasteiger charge is 2.53. The molecule has 1 aliphatic carbocycles. The molecule has 0 saturated carbocycles. The van der Waals surface area contributed by atoms with Gasteiger partial charge in [0.15, 0.2) is 0 Å². The fourth-order valence-corrected chi connectivity index (χ4v) is 5.09. The van der Waals surface area contributed by atoms with Crippen LogP contribution in [0.25, 0.3) is 27.9 Å². The van der Waals surface area contributed by atoms with Crippen molar-refractivity contribution >= 4 is 28.2 Å². The summed E-state index contributed by atoms with van der Waals surface area (Å²) >= 11 is 1.48. The number of hydrogen-bond donors (Lipinski definition) is 1. The first-order valence-electron chi connectivity index (χ1n) is 10.6. The Labute approximate surface area is 191 Å². The molecule has 0 aromatic carbocycles. The standard InChI is InChI=1S/C23H21F3N4O2S/c1-22(11-31)21(33-22)30-12-28-19-15(20(30)32)9-17(29-18(19)13-5-3-2-4-6-13)16-8-7-14(10-27-16)23(24,25)26/h5,7-10,12,21,31H,2-4,6,11H2,1H3/t21?,22-/m0/s1. The maximum Gasteiger partial charge on any atom is 0.417 e. The number of halogens is 3. The van der Waals surface area contributed by atoms with Gasteiger partial charge in [-0.1, -0.05) is 6.08 Å². The Bertz CT molecular complexity index is 1320. The number of hydrogen-bond acceptors (Lipinski definition) is 6. The SMILES string of the molecule is C[C@@]1(CO)SC1n1cnc2c(C3=CCCCC3)nc(-c3ccc(C(F)(F)F)cn3)cc2c1=O. The van der Waals surface area contributed by atoms with E-state index in [-0.39, 0.29) is 23.2 Å². The highest BCUT2D eigenvalue weighted by atomic mass is 32.2. The zero-order valence-electron chi connectivity index (χ0n) is 17.8. The predicted molar refractivity (Wildman–Crippen MR) is 121 cm³/mol. The number of fused-ring (bicyclic) bond motifs is 1. The summed E-state index contributed by atoms with van der Waals surface area (Å²) in [6.45, 7) is 1.81. The summed E-state index contributed by atoms with van der Waals surface area (Å²) in [6.07, 6.45) is 3.61. The molecule has 0 amide bonds. The Morgan fingerprint density at radius 3 is 2.67 bits per heavy atom. The summed E-state index contributed by atoms with van der Waals surface area (Å²) < 4.78 is 40.0. The van der Waals surface area contributed by atoms with E-state index in [4.69, 9.17) is 4.98 Å². The van der Waals surface area contributed by atoms with Crippen molar-refractivity contribution < 1.29 is 18.3 Å². The molecule has 0 spiro atoms. The second-order valence-electron chi connectivity index (χ2n) is 8.56. The van der Waals surface area contributed by atoms with E-state index >= 15 is 0 Å². The average molecular weight is 475 g/mol. The van der Waals surface area contributed by atoms with E-state index in [0.717, 1.165) is 43.5 Å². The molecule has 5 rings (SSSR count). The van der Waals surface area contributed by atoms with Gasteiger partial charge in [-0.05, 0) is 56.4 Å². The molecular weight excluding hydrogens is 453 g/mol. The third-order valence-corrected chi connectivity index (χ3v) is 7.74. The first kappa shape index (κ1) is 22.1. The molecule has 1 aliphatic heterocycles. The monoisotopic (exact) mass is 474 g/mol. The van der Waals surface area contributed by atoms with Crippen LogP contribution in [0.5, 0.6) is 0 Å². The van der Waals surface area contributed by atoms with Gasteiger partial charge >= 0.3 is 6.18 Å². The highest BCUT2D eigenvalue weighted by Crippen LogP contribution is 2.60. The smallest absolute Gasteiger partial charge is 0.395 e. The van der Waals surface area contributed by atoms with E-state index in [1.807, 2.05) is 6.92 Å². The zero-order valence-corrected chi connectivity index (χ0v) is 18.6. The molecule has 1 N–H and O–H groups in total. The number of rotatable bonds is 4. The van der Waals surface area contributed by atoms with Crippen LogP contribution in [0, 0.1) is 0 Å². The van der Waals surface area contributed by atoms with Crippen molar-refractivity contribution in [1.29, 1.82) is 0 Å². The van der Waals surface area contributed by atoms with Crippen molar-refractivity contribution in [2.24, 2.45) is 0 Å². The predicted octanol–water partition coefficient (Wildman–Crippen LogP) is 4.83. The summed E-state index contributed by atoms with van der Waals surface area (Å²) in [4.78, 5) is 26.7. The summed E-state index contributed by atoms with van der Waals surface area (Å²) in [6, 6.07) is 3.78. The second-order valence-corrected chi connectivity index (χ2v) is 10.2. The normalized spacial score (nSPS) is 22.9. The van der Waals surface area contributed by atoms with Crippen LogP contribution >= 0.6 is 11.8 Å². The molecule has 10 heteroatoms. The van der Waals surface area contributed by atoms with Gasteiger partial charge in [-0.2, -0.15) is 13.2 Å². The van der Waals surface area contributed by atoms with Crippen molar-refractivity contribution in [2.45, 2.75) is 48.9 Å². The van der Waals surface area contributed by atoms with Crippen molar-refractivity contribution in [1.82, 2.24) is 19.5 Å². The van der Waals surface area contributed by atoms with Crippen LogP contribution in [0.3, 0.4) is 0 Å². The molecule has 1 unspecified atom stereocenters. The molecular formula is C23H21F3N4O2S. The van der Waals surface area contributed by atoms with E-state index < -0.39 is 16.5 Å². The van der Waals surface area contributed by atoms with Gasteiger partial charge in [0.1, 0.15) is 10.9 Å². The van der Waals surface area contributed by atoms with Gasteiger partial charge < -0.3 is 5.11 Å². The van der Waals surface area contributed by atoms with Gasteiger partial charge in [-0.15, -0.1) is 11.8 Å². The number of alkyl halides is 3. The van der Waals surface area contributed by atoms with Crippen molar-refractivity contribution in [3.05, 3.63) is 58.4 Å². The third kappa shape index (κ3) is 3.95. The van der Waals surface area contributed by atoms with E-state index in [2.05, 4.69) is 16.0 Å². The lowest BCUT2D eigenvalue weighted by molar-refractivity contribution is -0.137. The number of pyridine rings is 2. The number of aromatic nitrogens is 4. The zero-order chi connectivity index (χ0) is 23.4. The summed E-state index contributed by atoms with van der Waals surface area (Å²) in [5.41, 5.74) is 1.47. The summed E-state index contributed by atoms with van der Waals surface area (Å²) in [5.74, 6) is 0. The average Bonchev–Trinajstić information content (AvgIpc) is 3.50. The fourth-order valence-electron chi connectivity index (χ4n) is 4.12. The minimum absolute atomic E-state index is 0.0674. The number of aliphatic hydroxyl groups is 1. The molecule has 0 radical (unpaired) electrons. The van der Waals surface area contributed by atoms with Gasteiger partial charge in [0.2, 0.25) is 0 Å². The molecule has 3 aromatic heterocycles. The van der Waals surface area contributed by atoms with E-state index in [9.17, 15) is 23.1 Å². The molecule has 3 aromatic rings. The Morgan fingerprint density at radius 2 is 2.06 bits per heavy atom. The molecule has 4 heterocycles. The van der Waals surface area contributed by atoms with Crippen LogP contribution < -0.4 is 5.56 Å². The Kier molecular flexibility index (Phi) is 5.32. The van der Waals surface area contributed by atoms with Crippen LogP contribution in [0.15, 0.2) is 41.6 Å². The molecule has 2 atom stereocenters. The van der Waals surface area contributed by atoms with Gasteiger partial charge in [0.05, 0.1) is 45.7 Å². The highest BCUT2D eigenvalue weighted by molar-refractivity contribution is 8.07. The molecule has 0 bridgehead atoms. The van der Waals surface area contributed by atoms with Crippen molar-refractivity contribution in [3.8, 4) is 11.4 Å². The van der Waals surface area contributed by atoms with Crippen molar-refractivity contribution in [3.63, 3.8) is 0 Å². The number of thioether (sulfide) groups is 1. The summed E-state index contributed by atoms with van der Waals surface area (Å²) in [7, 11) is 0. The minimum atomic E-state index is -4.49. The lowest BCUT2D eigenvalue weighted by Crippen LogP contribution is -2.25. The van der Waals surface area contributed by atoms with E-state index in [1.165, 1.54) is 28.7 Å².